The second-order valence-corrected chi connectivity index (χ2v) is 3.13. The van der Waals surface area contributed by atoms with Crippen LogP contribution in [-0.4, -0.2) is 15.0 Å². The van der Waals surface area contributed by atoms with Crippen molar-refractivity contribution in [1.82, 2.24) is 9.97 Å². The monoisotopic (exact) mass is 181 g/mol. The highest BCUT2D eigenvalue weighted by Crippen LogP contribution is 2.06. The number of nitrogens with two attached hydrogens (primary N) is 1. The Kier molecular flexibility index (Phi) is 2.38. The lowest BCUT2D eigenvalue weighted by Crippen LogP contribution is -2.16. The molecule has 3 nitrogen and oxygen atoms in total. The summed E-state index contributed by atoms with van der Waals surface area (Å²) in [5.74, 6) is 0. The van der Waals surface area contributed by atoms with Gasteiger partial charge in [-0.05, 0) is 20.8 Å². The van der Waals surface area contributed by atoms with Crippen molar-refractivity contribution in [3.05, 3.63) is 22.8 Å². The summed E-state index contributed by atoms with van der Waals surface area (Å²) in [5, 5.41) is 0. The first-order chi connectivity index (χ1) is 5.52. The number of aromatic nitrogens is 2. The molecule has 0 bridgehead atoms. The Morgan fingerprint density at radius 2 is 1.58 bits per heavy atom. The van der Waals surface area contributed by atoms with Gasteiger partial charge in [0.05, 0.1) is 17.1 Å². The molecule has 0 amide bonds. The first-order valence-electron chi connectivity index (χ1n) is 3.64. The van der Waals surface area contributed by atoms with Gasteiger partial charge in [-0.2, -0.15) is 0 Å². The molecule has 1 aromatic heterocycles. The van der Waals surface area contributed by atoms with Crippen LogP contribution in [0.3, 0.4) is 0 Å². The molecule has 0 aliphatic rings. The van der Waals surface area contributed by atoms with Crippen molar-refractivity contribution < 1.29 is 0 Å². The highest BCUT2D eigenvalue weighted by molar-refractivity contribution is 7.80. The lowest BCUT2D eigenvalue weighted by Gasteiger charge is -2.05. The van der Waals surface area contributed by atoms with Crippen molar-refractivity contribution in [2.75, 3.05) is 0 Å². The number of hydrogen-bond donors (Lipinski definition) is 1. The van der Waals surface area contributed by atoms with E-state index in [0.717, 1.165) is 17.1 Å². The van der Waals surface area contributed by atoms with Crippen LogP contribution < -0.4 is 5.73 Å². The van der Waals surface area contributed by atoms with Gasteiger partial charge < -0.3 is 5.73 Å². The maximum atomic E-state index is 5.46. The summed E-state index contributed by atoms with van der Waals surface area (Å²) in [6.45, 7) is 5.66. The van der Waals surface area contributed by atoms with E-state index in [2.05, 4.69) is 9.97 Å². The Morgan fingerprint density at radius 1 is 1.08 bits per heavy atom. The van der Waals surface area contributed by atoms with E-state index in [1.54, 1.807) is 0 Å². The second kappa shape index (κ2) is 3.15. The van der Waals surface area contributed by atoms with Crippen LogP contribution in [0.4, 0.5) is 0 Å². The smallest absolute Gasteiger partial charge is 0.124 e. The van der Waals surface area contributed by atoms with Crippen LogP contribution in [0.5, 0.6) is 0 Å². The van der Waals surface area contributed by atoms with Gasteiger partial charge in [-0.3, -0.25) is 4.98 Å². The van der Waals surface area contributed by atoms with E-state index in [9.17, 15) is 0 Å². The minimum absolute atomic E-state index is 0.308. The van der Waals surface area contributed by atoms with Gasteiger partial charge >= 0.3 is 0 Å². The SMILES string of the molecule is Cc1nc(C)c(C(N)=S)nc1C. The van der Waals surface area contributed by atoms with Crippen LogP contribution >= 0.6 is 12.2 Å². The lowest BCUT2D eigenvalue weighted by atomic mass is 10.2. The molecule has 1 heterocycles. The fourth-order valence-electron chi connectivity index (χ4n) is 0.948. The molecule has 0 saturated heterocycles. The van der Waals surface area contributed by atoms with Crippen LogP contribution in [0.2, 0.25) is 0 Å². The van der Waals surface area contributed by atoms with Gasteiger partial charge in [0.1, 0.15) is 10.7 Å². The largest absolute Gasteiger partial charge is 0.388 e. The maximum Gasteiger partial charge on any atom is 0.124 e. The van der Waals surface area contributed by atoms with Crippen molar-refractivity contribution >= 4 is 17.2 Å². The summed E-state index contributed by atoms with van der Waals surface area (Å²) in [5.41, 5.74) is 8.69. The molecular formula is C8H11N3S. The summed E-state index contributed by atoms with van der Waals surface area (Å²) in [6, 6.07) is 0. The molecule has 0 saturated carbocycles. The van der Waals surface area contributed by atoms with Crippen LogP contribution in [0, 0.1) is 20.8 Å². The molecule has 0 fully saturated rings. The van der Waals surface area contributed by atoms with E-state index >= 15 is 0 Å². The van der Waals surface area contributed by atoms with Crippen LogP contribution in [0.25, 0.3) is 0 Å². The summed E-state index contributed by atoms with van der Waals surface area (Å²) >= 11 is 4.83. The van der Waals surface area contributed by atoms with Gasteiger partial charge in [0.15, 0.2) is 0 Å². The average Bonchev–Trinajstić information content (AvgIpc) is 1.96. The van der Waals surface area contributed by atoms with Crippen molar-refractivity contribution in [3.63, 3.8) is 0 Å². The minimum atomic E-state index is 0.308. The number of rotatable bonds is 1. The van der Waals surface area contributed by atoms with E-state index in [1.807, 2.05) is 20.8 Å². The highest BCUT2D eigenvalue weighted by atomic mass is 32.1. The molecule has 0 spiro atoms. The molecule has 12 heavy (non-hydrogen) atoms. The molecule has 0 unspecified atom stereocenters. The molecule has 64 valence electrons. The molecule has 1 rings (SSSR count). The fraction of sp³-hybridized carbons (Fsp3) is 0.375. The molecule has 0 aliphatic heterocycles. The van der Waals surface area contributed by atoms with Crippen LogP contribution in [-0.2, 0) is 0 Å². The van der Waals surface area contributed by atoms with E-state index in [1.165, 1.54) is 0 Å². The zero-order valence-corrected chi connectivity index (χ0v) is 8.20. The zero-order chi connectivity index (χ0) is 9.30. The Labute approximate surface area is 77.0 Å². The minimum Gasteiger partial charge on any atom is -0.388 e. The Morgan fingerprint density at radius 3 is 2.08 bits per heavy atom. The van der Waals surface area contributed by atoms with Gasteiger partial charge in [0.25, 0.3) is 0 Å². The first-order valence-corrected chi connectivity index (χ1v) is 4.05. The summed E-state index contributed by atoms with van der Waals surface area (Å²) in [6.07, 6.45) is 0. The summed E-state index contributed by atoms with van der Waals surface area (Å²) in [4.78, 5) is 8.82. The van der Waals surface area contributed by atoms with Crippen molar-refractivity contribution in [1.29, 1.82) is 0 Å². The highest BCUT2D eigenvalue weighted by Gasteiger charge is 2.06. The van der Waals surface area contributed by atoms with Crippen molar-refractivity contribution in [2.45, 2.75) is 20.8 Å². The quantitative estimate of drug-likeness (QED) is 0.658. The topological polar surface area (TPSA) is 51.8 Å². The fourth-order valence-corrected chi connectivity index (χ4v) is 1.14. The van der Waals surface area contributed by atoms with E-state index in [0.29, 0.717) is 10.7 Å². The van der Waals surface area contributed by atoms with Crippen LogP contribution in [0.15, 0.2) is 0 Å². The third-order valence-electron chi connectivity index (χ3n) is 1.71. The molecule has 4 heteroatoms. The lowest BCUT2D eigenvalue weighted by molar-refractivity contribution is 0.991. The van der Waals surface area contributed by atoms with E-state index < -0.39 is 0 Å². The number of thiocarbonyl (C=S) groups is 1. The van der Waals surface area contributed by atoms with Crippen molar-refractivity contribution in [3.8, 4) is 0 Å². The second-order valence-electron chi connectivity index (χ2n) is 2.69. The van der Waals surface area contributed by atoms with Crippen LogP contribution in [0.1, 0.15) is 22.8 Å². The third-order valence-corrected chi connectivity index (χ3v) is 1.91. The molecule has 0 radical (unpaired) electrons. The molecule has 2 N–H and O–H groups in total. The van der Waals surface area contributed by atoms with Gasteiger partial charge in [-0.1, -0.05) is 12.2 Å². The van der Waals surface area contributed by atoms with Gasteiger partial charge in [-0.15, -0.1) is 0 Å². The van der Waals surface area contributed by atoms with Gasteiger partial charge in [0.2, 0.25) is 0 Å². The maximum absolute atomic E-state index is 5.46. The van der Waals surface area contributed by atoms with E-state index in [-0.39, 0.29) is 0 Å². The summed E-state index contributed by atoms with van der Waals surface area (Å²) in [7, 11) is 0. The number of aryl methyl sites for hydroxylation is 3. The number of nitrogens with zero attached hydrogens (tertiary/aromatic N) is 2. The third kappa shape index (κ3) is 1.58. The Balaban J connectivity index is 3.33. The molecule has 0 aromatic carbocycles. The Hall–Kier alpha value is -1.03. The predicted octanol–water partition coefficient (Wildman–Crippen LogP) is 1.04. The van der Waals surface area contributed by atoms with Gasteiger partial charge in [0, 0.05) is 0 Å². The summed E-state index contributed by atoms with van der Waals surface area (Å²) < 4.78 is 0. The average molecular weight is 181 g/mol. The molecule has 1 aromatic rings. The van der Waals surface area contributed by atoms with Crippen molar-refractivity contribution in [2.24, 2.45) is 5.73 Å². The zero-order valence-electron chi connectivity index (χ0n) is 7.38. The standard InChI is InChI=1S/C8H11N3S/c1-4-5(2)11-7(8(9)12)6(3)10-4/h1-3H3,(H2,9,12). The first kappa shape index (κ1) is 9.06. The Bertz CT molecular complexity index is 333. The molecular weight excluding hydrogens is 170 g/mol. The van der Waals surface area contributed by atoms with E-state index in [4.69, 9.17) is 18.0 Å². The number of hydrogen-bond acceptors (Lipinski definition) is 3. The van der Waals surface area contributed by atoms with Gasteiger partial charge in [-0.25, -0.2) is 4.98 Å². The predicted molar refractivity (Wildman–Crippen MR) is 52.1 cm³/mol. The normalized spacial score (nSPS) is 9.92. The molecule has 0 atom stereocenters. The molecule has 0 aliphatic carbocycles.